The summed E-state index contributed by atoms with van der Waals surface area (Å²) in [5, 5.41) is 4.19. The average Bonchev–Trinajstić information content (AvgIpc) is 3.41. The van der Waals surface area contributed by atoms with Crippen molar-refractivity contribution in [1.82, 2.24) is 9.88 Å². The Morgan fingerprint density at radius 2 is 1.79 bits per heavy atom. The quantitative estimate of drug-likeness (QED) is 0.137. The lowest BCUT2D eigenvalue weighted by Gasteiger charge is -2.27. The summed E-state index contributed by atoms with van der Waals surface area (Å²) in [6.45, 7) is 11.9. The zero-order valence-electron chi connectivity index (χ0n) is 29.5. The molecule has 0 radical (unpaired) electrons. The van der Waals surface area contributed by atoms with E-state index in [4.69, 9.17) is 4.74 Å². The molecule has 2 heterocycles. The molecular formula is C38H52N4O5S. The number of aldehydes is 1. The van der Waals surface area contributed by atoms with Crippen LogP contribution in [0.3, 0.4) is 0 Å². The summed E-state index contributed by atoms with van der Waals surface area (Å²) in [5.41, 5.74) is 6.23. The third-order valence-corrected chi connectivity index (χ3v) is 9.26. The van der Waals surface area contributed by atoms with Crippen LogP contribution in [0.2, 0.25) is 0 Å². The maximum Gasteiger partial charge on any atom is 0.251 e. The Hall–Kier alpha value is -4.15. The molecule has 0 saturated heterocycles. The molecule has 0 fully saturated rings. The predicted octanol–water partition coefficient (Wildman–Crippen LogP) is 6.44. The molecule has 10 heteroatoms. The minimum atomic E-state index is -1.11. The van der Waals surface area contributed by atoms with Gasteiger partial charge in [0.1, 0.15) is 29.6 Å². The van der Waals surface area contributed by atoms with Crippen molar-refractivity contribution in [2.75, 3.05) is 62.5 Å². The molecule has 0 bridgehead atoms. The molecule has 260 valence electrons. The van der Waals surface area contributed by atoms with Crippen LogP contribution in [0.25, 0.3) is 10.9 Å². The van der Waals surface area contributed by atoms with Crippen molar-refractivity contribution in [3.05, 3.63) is 89.6 Å². The molecule has 0 saturated carbocycles. The second kappa shape index (κ2) is 19.6. The van der Waals surface area contributed by atoms with Crippen molar-refractivity contribution in [3.8, 4) is 5.75 Å². The first-order chi connectivity index (χ1) is 23.1. The van der Waals surface area contributed by atoms with Gasteiger partial charge < -0.3 is 29.1 Å². The van der Waals surface area contributed by atoms with Gasteiger partial charge in [0.2, 0.25) is 0 Å². The van der Waals surface area contributed by atoms with E-state index in [1.54, 1.807) is 11.4 Å². The van der Waals surface area contributed by atoms with E-state index >= 15 is 0 Å². The van der Waals surface area contributed by atoms with Gasteiger partial charge in [-0.25, -0.2) is 4.21 Å². The first-order valence-electron chi connectivity index (χ1n) is 16.5. The number of nitrogens with zero attached hydrogens (tertiary/aromatic N) is 3. The number of methoxy groups -OCH3 is 2. The number of amides is 1. The third-order valence-electron chi connectivity index (χ3n) is 7.92. The van der Waals surface area contributed by atoms with E-state index in [1.165, 1.54) is 18.2 Å². The van der Waals surface area contributed by atoms with E-state index in [0.717, 1.165) is 54.0 Å². The standard InChI is InChI=1S/C28H38N4O3S.C7H8.C3H6O2/c1-6-21-19-32-14-15-36(34)30(4)26-17-22(16-25(21)27(26)32)28(33)29-12-7-13-31(18-20(2)3)23-8-10-24(35-5)11-9-23;1-7-5-3-2-4-6-7;1-5-3-2-4/h8-11,16-17,19-20H,6-7,12-15,18H2,1-5H3,(H,29,33);2-6H,1H3;2H,3H2,1H3. The summed E-state index contributed by atoms with van der Waals surface area (Å²) in [4.78, 5) is 24.8. The number of hydrogen-bond donors (Lipinski definition) is 1. The molecule has 9 nitrogen and oxygen atoms in total. The van der Waals surface area contributed by atoms with Gasteiger partial charge in [0.05, 0.1) is 24.1 Å². The maximum absolute atomic E-state index is 13.2. The van der Waals surface area contributed by atoms with Crippen LogP contribution in [-0.2, 0) is 33.5 Å². The molecule has 48 heavy (non-hydrogen) atoms. The molecule has 5 rings (SSSR count). The number of aromatic nitrogens is 1. The van der Waals surface area contributed by atoms with Crippen LogP contribution < -0.4 is 19.3 Å². The summed E-state index contributed by atoms with van der Waals surface area (Å²) in [6.07, 6.45) is 4.58. The highest BCUT2D eigenvalue weighted by molar-refractivity contribution is 7.86. The fourth-order valence-electron chi connectivity index (χ4n) is 5.48. The van der Waals surface area contributed by atoms with Crippen molar-refractivity contribution in [2.45, 2.75) is 47.1 Å². The predicted molar refractivity (Wildman–Crippen MR) is 199 cm³/mol. The zero-order chi connectivity index (χ0) is 35.1. The third kappa shape index (κ3) is 11.0. The molecule has 3 aromatic carbocycles. The lowest BCUT2D eigenvalue weighted by Crippen LogP contribution is -2.32. The van der Waals surface area contributed by atoms with Gasteiger partial charge in [-0.1, -0.05) is 56.7 Å². The van der Waals surface area contributed by atoms with Crippen molar-refractivity contribution in [3.63, 3.8) is 0 Å². The highest BCUT2D eigenvalue weighted by atomic mass is 32.2. The first-order valence-corrected chi connectivity index (χ1v) is 17.8. The second-order valence-corrected chi connectivity index (χ2v) is 13.6. The number of anilines is 2. The van der Waals surface area contributed by atoms with E-state index in [2.05, 4.69) is 77.7 Å². The van der Waals surface area contributed by atoms with Gasteiger partial charge in [-0.15, -0.1) is 0 Å². The Bertz CT molecular complexity index is 1610. The first kappa shape index (κ1) is 38.3. The monoisotopic (exact) mass is 676 g/mol. The van der Waals surface area contributed by atoms with Gasteiger partial charge in [-0.3, -0.25) is 9.10 Å². The summed E-state index contributed by atoms with van der Waals surface area (Å²) >= 11 is 0. The lowest BCUT2D eigenvalue weighted by molar-refractivity contribution is -0.110. The minimum absolute atomic E-state index is 0.0914. The number of carbonyl (C=O) groups excluding carboxylic acids is 2. The van der Waals surface area contributed by atoms with Crippen molar-refractivity contribution in [2.24, 2.45) is 5.92 Å². The molecule has 1 aliphatic rings. The molecule has 1 amide bonds. The largest absolute Gasteiger partial charge is 0.497 e. The highest BCUT2D eigenvalue weighted by Crippen LogP contribution is 2.35. The Morgan fingerprint density at radius 1 is 1.08 bits per heavy atom. The summed E-state index contributed by atoms with van der Waals surface area (Å²) in [6, 6.07) is 22.3. The van der Waals surface area contributed by atoms with Gasteiger partial charge in [-0.2, -0.15) is 0 Å². The Labute approximate surface area is 288 Å². The molecule has 0 aliphatic carbocycles. The molecule has 0 spiro atoms. The lowest BCUT2D eigenvalue weighted by atomic mass is 10.1. The molecule has 1 atom stereocenters. The number of carbonyl (C=O) groups is 2. The Balaban J connectivity index is 0.000000439. The minimum Gasteiger partial charge on any atom is -0.497 e. The van der Waals surface area contributed by atoms with E-state index in [0.29, 0.717) is 36.6 Å². The fourth-order valence-corrected chi connectivity index (χ4v) is 6.46. The van der Waals surface area contributed by atoms with E-state index < -0.39 is 11.0 Å². The van der Waals surface area contributed by atoms with Crippen molar-refractivity contribution >= 4 is 45.5 Å². The summed E-state index contributed by atoms with van der Waals surface area (Å²) in [5.74, 6) is 1.85. The zero-order valence-corrected chi connectivity index (χ0v) is 30.3. The normalized spacial score (nSPS) is 13.5. The van der Waals surface area contributed by atoms with Crippen LogP contribution in [0.4, 0.5) is 11.4 Å². The van der Waals surface area contributed by atoms with Crippen LogP contribution in [0.1, 0.15) is 48.7 Å². The molecule has 4 aromatic rings. The Kier molecular flexibility index (Phi) is 15.7. The number of benzene rings is 3. The molecular weight excluding hydrogens is 625 g/mol. The number of nitrogens with one attached hydrogen (secondary N) is 1. The fraction of sp³-hybridized carbons (Fsp3) is 0.421. The number of aryl methyl sites for hydroxylation is 3. The average molecular weight is 677 g/mol. The van der Waals surface area contributed by atoms with Gasteiger partial charge in [0.15, 0.2) is 0 Å². The molecule has 1 N–H and O–H groups in total. The summed E-state index contributed by atoms with van der Waals surface area (Å²) in [7, 11) is 3.89. The van der Waals surface area contributed by atoms with Gasteiger partial charge in [-0.05, 0) is 67.6 Å². The Morgan fingerprint density at radius 3 is 2.33 bits per heavy atom. The van der Waals surface area contributed by atoms with Gasteiger partial charge in [0, 0.05) is 63.2 Å². The van der Waals surface area contributed by atoms with Crippen LogP contribution in [0, 0.1) is 12.8 Å². The van der Waals surface area contributed by atoms with Crippen LogP contribution in [-0.4, -0.2) is 74.2 Å². The van der Waals surface area contributed by atoms with Crippen LogP contribution >= 0.6 is 0 Å². The number of rotatable bonds is 12. The molecule has 1 aromatic heterocycles. The van der Waals surface area contributed by atoms with Crippen molar-refractivity contribution < 1.29 is 23.3 Å². The van der Waals surface area contributed by atoms with Crippen molar-refractivity contribution in [1.29, 1.82) is 0 Å². The van der Waals surface area contributed by atoms with Gasteiger partial charge >= 0.3 is 0 Å². The van der Waals surface area contributed by atoms with Crippen LogP contribution in [0.5, 0.6) is 5.75 Å². The van der Waals surface area contributed by atoms with Crippen LogP contribution in [0.15, 0.2) is 72.9 Å². The van der Waals surface area contributed by atoms with E-state index in [9.17, 15) is 13.8 Å². The topological polar surface area (TPSA) is 93.1 Å². The maximum atomic E-state index is 13.2. The second-order valence-electron chi connectivity index (χ2n) is 12.0. The van der Waals surface area contributed by atoms with E-state index in [1.807, 2.05) is 49.5 Å². The van der Waals surface area contributed by atoms with E-state index in [-0.39, 0.29) is 12.5 Å². The number of hydrogen-bond acceptors (Lipinski definition) is 6. The molecule has 1 unspecified atom stereocenters. The summed E-state index contributed by atoms with van der Waals surface area (Å²) < 4.78 is 26.3. The van der Waals surface area contributed by atoms with Gasteiger partial charge in [0.25, 0.3) is 5.91 Å². The SMILES string of the molecule is CCc1cn2c3c(cc(C(=O)NCCCN(CC(C)C)c4ccc(OC)cc4)cc13)N(C)S(=O)CC2.COCC=O.Cc1ccccc1. The smallest absolute Gasteiger partial charge is 0.251 e. The number of ether oxygens (including phenoxy) is 2. The molecule has 1 aliphatic heterocycles. The highest BCUT2D eigenvalue weighted by Gasteiger charge is 2.23.